The number of imidazole rings is 1. The first-order valence-electron chi connectivity index (χ1n) is 7.26. The second kappa shape index (κ2) is 6.02. The standard InChI is InChI=1S/C15H19ClN3O2S/c1-17-9-10-19(12-17)22(20,21)18-7-5-13(6-8-18)14-3-2-4-15(16)11-14/h2-4,9-13H,5-8H2,1H3/q+1. The highest BCUT2D eigenvalue weighted by molar-refractivity contribution is 7.87. The van der Waals surface area contributed by atoms with Crippen LogP contribution in [-0.4, -0.2) is 29.8 Å². The first kappa shape index (κ1) is 15.5. The predicted octanol–water partition coefficient (Wildman–Crippen LogP) is 1.94. The van der Waals surface area contributed by atoms with Crippen molar-refractivity contribution < 1.29 is 13.0 Å². The molecule has 0 amide bonds. The summed E-state index contributed by atoms with van der Waals surface area (Å²) >= 11 is 6.04. The number of hydrogen-bond donors (Lipinski definition) is 0. The van der Waals surface area contributed by atoms with Crippen molar-refractivity contribution >= 4 is 21.8 Å². The summed E-state index contributed by atoms with van der Waals surface area (Å²) in [4.78, 5) is 0. The maximum absolute atomic E-state index is 12.6. The molecule has 0 radical (unpaired) electrons. The summed E-state index contributed by atoms with van der Waals surface area (Å²) in [5, 5.41) is 0.729. The number of aromatic nitrogens is 2. The first-order valence-corrected chi connectivity index (χ1v) is 9.03. The van der Waals surface area contributed by atoms with Crippen molar-refractivity contribution in [1.82, 2.24) is 8.28 Å². The zero-order chi connectivity index (χ0) is 15.7. The fourth-order valence-electron chi connectivity index (χ4n) is 2.88. The number of aryl methyl sites for hydroxylation is 1. The molecule has 1 saturated heterocycles. The molecular formula is C15H19ClN3O2S+. The molecule has 22 heavy (non-hydrogen) atoms. The van der Waals surface area contributed by atoms with Crippen molar-refractivity contribution in [3.63, 3.8) is 0 Å². The summed E-state index contributed by atoms with van der Waals surface area (Å²) in [6.45, 7) is 1.06. The Labute approximate surface area is 135 Å². The van der Waals surface area contributed by atoms with E-state index in [1.165, 1.54) is 9.54 Å². The van der Waals surface area contributed by atoms with Gasteiger partial charge >= 0.3 is 10.2 Å². The van der Waals surface area contributed by atoms with Gasteiger partial charge in [-0.25, -0.2) is 4.57 Å². The fraction of sp³-hybridized carbons (Fsp3) is 0.400. The smallest absolute Gasteiger partial charge is 0.238 e. The third kappa shape index (κ3) is 3.04. The molecular weight excluding hydrogens is 322 g/mol. The topological polar surface area (TPSA) is 46.2 Å². The van der Waals surface area contributed by atoms with Crippen molar-refractivity contribution in [3.05, 3.63) is 53.6 Å². The Hall–Kier alpha value is -1.37. The lowest BCUT2D eigenvalue weighted by Gasteiger charge is -2.29. The maximum atomic E-state index is 12.6. The molecule has 2 aromatic rings. The number of piperidine rings is 1. The van der Waals surface area contributed by atoms with Gasteiger partial charge in [-0.15, -0.1) is 3.97 Å². The van der Waals surface area contributed by atoms with Crippen LogP contribution in [0.2, 0.25) is 5.02 Å². The first-order chi connectivity index (χ1) is 10.5. The molecule has 0 saturated carbocycles. The summed E-state index contributed by atoms with van der Waals surface area (Å²) in [5.41, 5.74) is 1.19. The van der Waals surface area contributed by atoms with E-state index >= 15 is 0 Å². The lowest BCUT2D eigenvalue weighted by atomic mass is 9.90. The average Bonchev–Trinajstić information content (AvgIpc) is 2.95. The van der Waals surface area contributed by atoms with Gasteiger partial charge in [0.15, 0.2) is 0 Å². The second-order valence-corrected chi connectivity index (χ2v) is 7.92. The zero-order valence-electron chi connectivity index (χ0n) is 12.4. The number of halogens is 1. The van der Waals surface area contributed by atoms with Crippen molar-refractivity contribution in [2.75, 3.05) is 13.1 Å². The Balaban J connectivity index is 1.72. The molecule has 1 aliphatic heterocycles. The SMILES string of the molecule is C[n+]1ccn(S(=O)(=O)N2CCC(c3cccc(Cl)c3)CC2)c1. The van der Waals surface area contributed by atoms with Gasteiger partial charge in [0.2, 0.25) is 0 Å². The molecule has 1 aromatic carbocycles. The molecule has 1 fully saturated rings. The van der Waals surface area contributed by atoms with Gasteiger partial charge in [0, 0.05) is 18.1 Å². The van der Waals surface area contributed by atoms with E-state index in [1.807, 2.05) is 18.2 Å². The van der Waals surface area contributed by atoms with E-state index in [0.29, 0.717) is 19.0 Å². The van der Waals surface area contributed by atoms with Gasteiger partial charge < -0.3 is 0 Å². The third-order valence-electron chi connectivity index (χ3n) is 4.11. The van der Waals surface area contributed by atoms with Gasteiger partial charge in [-0.05, 0) is 36.5 Å². The summed E-state index contributed by atoms with van der Waals surface area (Å²) in [6.07, 6.45) is 6.48. The monoisotopic (exact) mass is 340 g/mol. The molecule has 2 heterocycles. The second-order valence-electron chi connectivity index (χ2n) is 5.65. The highest BCUT2D eigenvalue weighted by Gasteiger charge is 2.33. The summed E-state index contributed by atoms with van der Waals surface area (Å²) in [7, 11) is -1.65. The highest BCUT2D eigenvalue weighted by Crippen LogP contribution is 2.30. The van der Waals surface area contributed by atoms with Gasteiger partial charge in [-0.2, -0.15) is 12.7 Å². The van der Waals surface area contributed by atoms with Crippen LogP contribution in [0.1, 0.15) is 24.3 Å². The minimum atomic E-state index is -3.45. The van der Waals surface area contributed by atoms with Gasteiger partial charge in [-0.1, -0.05) is 23.7 Å². The van der Waals surface area contributed by atoms with Crippen LogP contribution in [0.3, 0.4) is 0 Å². The maximum Gasteiger partial charge on any atom is 0.379 e. The molecule has 0 N–H and O–H groups in total. The van der Waals surface area contributed by atoms with Crippen LogP contribution in [-0.2, 0) is 17.3 Å². The van der Waals surface area contributed by atoms with Crippen LogP contribution in [0.5, 0.6) is 0 Å². The molecule has 7 heteroatoms. The largest absolute Gasteiger partial charge is 0.379 e. The van der Waals surface area contributed by atoms with Gasteiger partial charge in [0.25, 0.3) is 6.33 Å². The van der Waals surface area contributed by atoms with Crippen LogP contribution in [0.15, 0.2) is 43.0 Å². The molecule has 0 unspecified atom stereocenters. The van der Waals surface area contributed by atoms with Crippen LogP contribution in [0.25, 0.3) is 0 Å². The fourth-order valence-corrected chi connectivity index (χ4v) is 4.49. The van der Waals surface area contributed by atoms with Crippen LogP contribution >= 0.6 is 11.6 Å². The van der Waals surface area contributed by atoms with Crippen molar-refractivity contribution in [3.8, 4) is 0 Å². The normalized spacial score (nSPS) is 17.7. The Morgan fingerprint density at radius 1 is 1.27 bits per heavy atom. The highest BCUT2D eigenvalue weighted by atomic mass is 35.5. The molecule has 1 aromatic heterocycles. The van der Waals surface area contributed by atoms with Crippen LogP contribution in [0.4, 0.5) is 0 Å². The van der Waals surface area contributed by atoms with Gasteiger partial charge in [0.05, 0.1) is 7.05 Å². The van der Waals surface area contributed by atoms with Crippen molar-refractivity contribution in [2.24, 2.45) is 7.05 Å². The lowest BCUT2D eigenvalue weighted by molar-refractivity contribution is -0.670. The van der Waals surface area contributed by atoms with Gasteiger partial charge in [0.1, 0.15) is 12.4 Å². The summed E-state index contributed by atoms with van der Waals surface area (Å²) < 4.78 is 29.6. The molecule has 0 atom stereocenters. The average molecular weight is 341 g/mol. The minimum absolute atomic E-state index is 0.367. The Morgan fingerprint density at radius 3 is 2.59 bits per heavy atom. The van der Waals surface area contributed by atoms with E-state index < -0.39 is 10.2 Å². The Kier molecular flexibility index (Phi) is 4.25. The molecule has 0 bridgehead atoms. The molecule has 0 aliphatic carbocycles. The van der Waals surface area contributed by atoms with E-state index in [-0.39, 0.29) is 0 Å². The number of hydrogen-bond acceptors (Lipinski definition) is 2. The van der Waals surface area contributed by atoms with E-state index in [1.54, 1.807) is 34.6 Å². The van der Waals surface area contributed by atoms with Gasteiger partial charge in [-0.3, -0.25) is 0 Å². The Morgan fingerprint density at radius 2 is 2.00 bits per heavy atom. The number of rotatable bonds is 3. The summed E-state index contributed by atoms with van der Waals surface area (Å²) in [6, 6.07) is 7.84. The zero-order valence-corrected chi connectivity index (χ0v) is 14.0. The summed E-state index contributed by atoms with van der Waals surface area (Å²) in [5.74, 6) is 0.367. The quantitative estimate of drug-likeness (QED) is 0.802. The molecule has 0 spiro atoms. The molecule has 3 rings (SSSR count). The van der Waals surface area contributed by atoms with Crippen LogP contribution < -0.4 is 4.57 Å². The molecule has 5 nitrogen and oxygen atoms in total. The predicted molar refractivity (Wildman–Crippen MR) is 84.9 cm³/mol. The van der Waals surface area contributed by atoms with E-state index in [0.717, 1.165) is 17.9 Å². The van der Waals surface area contributed by atoms with E-state index in [4.69, 9.17) is 11.6 Å². The number of benzene rings is 1. The van der Waals surface area contributed by atoms with E-state index in [2.05, 4.69) is 6.07 Å². The van der Waals surface area contributed by atoms with Crippen molar-refractivity contribution in [1.29, 1.82) is 0 Å². The number of nitrogens with zero attached hydrogens (tertiary/aromatic N) is 3. The minimum Gasteiger partial charge on any atom is -0.238 e. The molecule has 118 valence electrons. The van der Waals surface area contributed by atoms with Crippen LogP contribution in [0, 0.1) is 0 Å². The molecule has 1 aliphatic rings. The lowest BCUT2D eigenvalue weighted by Crippen LogP contribution is -2.41. The van der Waals surface area contributed by atoms with E-state index in [9.17, 15) is 8.42 Å². The third-order valence-corrected chi connectivity index (χ3v) is 6.11. The van der Waals surface area contributed by atoms with Crippen molar-refractivity contribution in [2.45, 2.75) is 18.8 Å². The Bertz CT molecular complexity index is 765.